The molecule has 0 fully saturated rings. The summed E-state index contributed by atoms with van der Waals surface area (Å²) in [5.41, 5.74) is 2.63. The monoisotopic (exact) mass is 417 g/mol. The van der Waals surface area contributed by atoms with Gasteiger partial charge in [0.15, 0.2) is 11.5 Å². The third-order valence-corrected chi connectivity index (χ3v) is 6.35. The zero-order valence-electron chi connectivity index (χ0n) is 14.2. The summed E-state index contributed by atoms with van der Waals surface area (Å²) in [6, 6.07) is 13.5. The minimum atomic E-state index is -3.81. The number of amides is 1. The van der Waals surface area contributed by atoms with E-state index in [1.54, 1.807) is 23.6 Å². The lowest BCUT2D eigenvalue weighted by molar-refractivity contribution is 0.0956. The molecule has 1 amide bonds. The summed E-state index contributed by atoms with van der Waals surface area (Å²) in [4.78, 5) is 12.4. The van der Waals surface area contributed by atoms with Gasteiger partial charge in [-0.2, -0.15) is 5.10 Å². The van der Waals surface area contributed by atoms with Crippen molar-refractivity contribution >= 4 is 39.2 Å². The summed E-state index contributed by atoms with van der Waals surface area (Å²) < 4.78 is 27.3. The first kappa shape index (κ1) is 19.4. The lowest BCUT2D eigenvalue weighted by Crippen LogP contribution is -2.21. The first-order valence-corrected chi connectivity index (χ1v) is 10.2. The molecule has 0 atom stereocenters. The van der Waals surface area contributed by atoms with Gasteiger partial charge in [-0.1, -0.05) is 24.3 Å². The topological polar surface area (TPSA) is 128 Å². The lowest BCUT2D eigenvalue weighted by Gasteiger charge is -2.10. The fourth-order valence-corrected chi connectivity index (χ4v) is 4.33. The van der Waals surface area contributed by atoms with Crippen LogP contribution in [0, 0.1) is 0 Å². The molecule has 28 heavy (non-hydrogen) atoms. The van der Waals surface area contributed by atoms with Gasteiger partial charge in [0.05, 0.1) is 17.5 Å². The average Bonchev–Trinajstić information content (AvgIpc) is 3.21. The van der Waals surface area contributed by atoms with Crippen molar-refractivity contribution in [2.75, 3.05) is 4.72 Å². The predicted octanol–water partition coefficient (Wildman–Crippen LogP) is 2.72. The molecule has 0 saturated heterocycles. The second-order valence-corrected chi connectivity index (χ2v) is 8.35. The number of rotatable bonds is 6. The van der Waals surface area contributed by atoms with Gasteiger partial charge in [0.1, 0.15) is 4.21 Å². The van der Waals surface area contributed by atoms with Crippen molar-refractivity contribution in [3.63, 3.8) is 0 Å². The Labute approximate surface area is 164 Å². The molecule has 4 N–H and O–H groups in total. The van der Waals surface area contributed by atoms with E-state index < -0.39 is 15.9 Å². The second-order valence-electron chi connectivity index (χ2n) is 5.50. The number of anilines is 1. The zero-order valence-corrected chi connectivity index (χ0v) is 15.9. The Balaban J connectivity index is 1.78. The number of hydrogen-bond acceptors (Lipinski definition) is 7. The van der Waals surface area contributed by atoms with Crippen molar-refractivity contribution < 1.29 is 23.4 Å². The number of sulfonamides is 1. The number of para-hydroxylation sites is 2. The van der Waals surface area contributed by atoms with Crippen LogP contribution < -0.4 is 10.1 Å². The fourth-order valence-electron chi connectivity index (χ4n) is 2.26. The summed E-state index contributed by atoms with van der Waals surface area (Å²) >= 11 is 1.06. The first-order chi connectivity index (χ1) is 13.4. The molecular weight excluding hydrogens is 402 g/mol. The molecule has 0 unspecified atom stereocenters. The van der Waals surface area contributed by atoms with Crippen LogP contribution in [-0.4, -0.2) is 30.8 Å². The highest BCUT2D eigenvalue weighted by molar-refractivity contribution is 7.94. The van der Waals surface area contributed by atoms with Crippen molar-refractivity contribution in [3.05, 3.63) is 71.1 Å². The number of benzene rings is 2. The number of hydrogen-bond donors (Lipinski definition) is 4. The number of phenols is 2. The van der Waals surface area contributed by atoms with Gasteiger partial charge in [-0.25, -0.2) is 13.8 Å². The molecule has 10 heteroatoms. The molecule has 0 radical (unpaired) electrons. The Bertz CT molecular complexity index is 1130. The number of nitrogens with zero attached hydrogens (tertiary/aromatic N) is 1. The van der Waals surface area contributed by atoms with E-state index in [2.05, 4.69) is 15.2 Å². The van der Waals surface area contributed by atoms with E-state index >= 15 is 0 Å². The number of carbonyl (C=O) groups excluding carboxylic acids is 1. The van der Waals surface area contributed by atoms with Crippen molar-refractivity contribution in [1.82, 2.24) is 5.43 Å². The summed E-state index contributed by atoms with van der Waals surface area (Å²) in [5.74, 6) is -1.34. The molecule has 0 aliphatic carbocycles. The van der Waals surface area contributed by atoms with Gasteiger partial charge in [-0.3, -0.25) is 9.52 Å². The van der Waals surface area contributed by atoms with Crippen LogP contribution in [0.2, 0.25) is 0 Å². The quantitative estimate of drug-likeness (QED) is 0.279. The third kappa shape index (κ3) is 4.30. The number of aromatic hydroxyl groups is 2. The highest BCUT2D eigenvalue weighted by atomic mass is 32.2. The first-order valence-electron chi connectivity index (χ1n) is 7.88. The lowest BCUT2D eigenvalue weighted by atomic mass is 10.2. The Morgan fingerprint density at radius 1 is 1.04 bits per heavy atom. The largest absolute Gasteiger partial charge is 0.504 e. The maximum absolute atomic E-state index is 12.4. The molecule has 0 aliphatic rings. The van der Waals surface area contributed by atoms with E-state index in [4.69, 9.17) is 0 Å². The van der Waals surface area contributed by atoms with Gasteiger partial charge in [0.25, 0.3) is 15.9 Å². The molecular formula is C18H15N3O5S2. The second kappa shape index (κ2) is 8.11. The molecule has 1 heterocycles. The van der Waals surface area contributed by atoms with Gasteiger partial charge in [-0.15, -0.1) is 11.3 Å². The van der Waals surface area contributed by atoms with Crippen LogP contribution >= 0.6 is 11.3 Å². The van der Waals surface area contributed by atoms with Crippen molar-refractivity contribution in [1.29, 1.82) is 0 Å². The van der Waals surface area contributed by atoms with Crippen molar-refractivity contribution in [2.24, 2.45) is 5.10 Å². The van der Waals surface area contributed by atoms with E-state index in [0.717, 1.165) is 17.6 Å². The highest BCUT2D eigenvalue weighted by Gasteiger charge is 2.19. The molecule has 0 aliphatic heterocycles. The molecule has 0 bridgehead atoms. The van der Waals surface area contributed by atoms with Gasteiger partial charge in [0.2, 0.25) is 0 Å². The van der Waals surface area contributed by atoms with Gasteiger partial charge in [-0.05, 0) is 35.7 Å². The molecule has 8 nitrogen and oxygen atoms in total. The summed E-state index contributed by atoms with van der Waals surface area (Å²) in [6.45, 7) is 0. The maximum atomic E-state index is 12.4. The smallest absolute Gasteiger partial charge is 0.273 e. The molecule has 144 valence electrons. The Morgan fingerprint density at radius 3 is 2.57 bits per heavy atom. The van der Waals surface area contributed by atoms with Crippen LogP contribution in [0.15, 0.2) is 69.3 Å². The van der Waals surface area contributed by atoms with Crippen molar-refractivity contribution in [3.8, 4) is 11.5 Å². The van der Waals surface area contributed by atoms with E-state index in [1.807, 2.05) is 0 Å². The number of carbonyl (C=O) groups is 1. The summed E-state index contributed by atoms with van der Waals surface area (Å²) in [7, 11) is -3.81. The average molecular weight is 417 g/mol. The standard InChI is InChI=1S/C18H15N3O5S2/c22-15-8-3-5-12(17(15)23)11-19-20-18(24)13-6-1-2-7-14(13)21-28(25,26)16-9-4-10-27-16/h1-11,21-23H,(H,20,24)/b19-11-. The van der Waals surface area contributed by atoms with E-state index in [0.29, 0.717) is 0 Å². The predicted molar refractivity (Wildman–Crippen MR) is 106 cm³/mol. The number of hydrazone groups is 1. The Kier molecular flexibility index (Phi) is 5.62. The number of phenolic OH excluding ortho intramolecular Hbond substituents is 2. The van der Waals surface area contributed by atoms with Gasteiger partial charge < -0.3 is 10.2 Å². The van der Waals surface area contributed by atoms with Gasteiger partial charge in [0, 0.05) is 5.56 Å². The van der Waals surface area contributed by atoms with E-state index in [-0.39, 0.29) is 32.5 Å². The fraction of sp³-hybridized carbons (Fsp3) is 0. The molecule has 0 saturated carbocycles. The number of thiophene rings is 1. The zero-order chi connectivity index (χ0) is 20.1. The minimum Gasteiger partial charge on any atom is -0.504 e. The Morgan fingerprint density at radius 2 is 1.82 bits per heavy atom. The molecule has 1 aromatic heterocycles. The molecule has 3 aromatic rings. The maximum Gasteiger partial charge on any atom is 0.273 e. The van der Waals surface area contributed by atoms with Crippen molar-refractivity contribution in [2.45, 2.75) is 4.21 Å². The van der Waals surface area contributed by atoms with Crippen LogP contribution in [0.1, 0.15) is 15.9 Å². The van der Waals surface area contributed by atoms with Crippen LogP contribution in [0.25, 0.3) is 0 Å². The van der Waals surface area contributed by atoms with E-state index in [9.17, 15) is 23.4 Å². The van der Waals surface area contributed by atoms with Crippen LogP contribution in [0.3, 0.4) is 0 Å². The van der Waals surface area contributed by atoms with Crippen LogP contribution in [-0.2, 0) is 10.0 Å². The number of nitrogens with one attached hydrogen (secondary N) is 2. The van der Waals surface area contributed by atoms with Crippen LogP contribution in [0.4, 0.5) is 5.69 Å². The molecule has 3 rings (SSSR count). The van der Waals surface area contributed by atoms with Gasteiger partial charge >= 0.3 is 0 Å². The summed E-state index contributed by atoms with van der Waals surface area (Å²) in [6.07, 6.45) is 1.16. The Hall–Kier alpha value is -3.37. The minimum absolute atomic E-state index is 0.0694. The highest BCUT2D eigenvalue weighted by Crippen LogP contribution is 2.26. The SMILES string of the molecule is O=C(N/N=C\c1cccc(O)c1O)c1ccccc1NS(=O)(=O)c1cccs1. The van der Waals surface area contributed by atoms with Crippen LogP contribution in [0.5, 0.6) is 11.5 Å². The summed E-state index contributed by atoms with van der Waals surface area (Å²) in [5, 5.41) is 24.5. The third-order valence-electron chi connectivity index (χ3n) is 3.59. The normalized spacial score (nSPS) is 11.4. The molecule has 0 spiro atoms. The van der Waals surface area contributed by atoms with E-state index in [1.165, 1.54) is 36.4 Å². The molecule has 2 aromatic carbocycles.